The first kappa shape index (κ1) is 13.1. The number of anilines is 2. The van der Waals surface area contributed by atoms with E-state index in [9.17, 15) is 0 Å². The van der Waals surface area contributed by atoms with Gasteiger partial charge in [-0.05, 0) is 18.7 Å². The molecule has 0 saturated carbocycles. The van der Waals surface area contributed by atoms with Crippen LogP contribution >= 0.6 is 11.8 Å². The maximum atomic E-state index is 4.44. The zero-order valence-corrected chi connectivity index (χ0v) is 11.2. The van der Waals surface area contributed by atoms with Gasteiger partial charge in [0.1, 0.15) is 5.82 Å². The molecule has 90 valence electrons. The minimum atomic E-state index is 0.523. The van der Waals surface area contributed by atoms with Crippen molar-refractivity contribution >= 4 is 23.5 Å². The minimum absolute atomic E-state index is 0.523. The summed E-state index contributed by atoms with van der Waals surface area (Å²) in [6.45, 7) is 2.21. The first-order valence-electron chi connectivity index (χ1n) is 5.45. The molecule has 1 rings (SSSR count). The summed E-state index contributed by atoms with van der Waals surface area (Å²) in [5.41, 5.74) is 0. The first-order chi connectivity index (χ1) is 7.72. The third kappa shape index (κ3) is 3.27. The maximum absolute atomic E-state index is 4.44. The van der Waals surface area contributed by atoms with Crippen LogP contribution in [0.2, 0.25) is 0 Å². The molecule has 0 bridgehead atoms. The molecule has 0 saturated heterocycles. The van der Waals surface area contributed by atoms with Crippen LogP contribution in [0.1, 0.15) is 13.3 Å². The Morgan fingerprint density at radius 1 is 1.56 bits per heavy atom. The molecule has 0 aliphatic rings. The van der Waals surface area contributed by atoms with E-state index in [-0.39, 0.29) is 0 Å². The number of hydrogen-bond acceptors (Lipinski definition) is 5. The second kappa shape index (κ2) is 6.58. The molecule has 0 aliphatic heterocycles. The molecule has 1 atom stereocenters. The fourth-order valence-corrected chi connectivity index (χ4v) is 2.39. The third-order valence-corrected chi connectivity index (χ3v) is 3.32. The summed E-state index contributed by atoms with van der Waals surface area (Å²) >= 11 is 1.87. The van der Waals surface area contributed by atoms with Crippen molar-refractivity contribution in [1.82, 2.24) is 9.97 Å². The first-order valence-corrected chi connectivity index (χ1v) is 6.84. The van der Waals surface area contributed by atoms with E-state index in [1.807, 2.05) is 24.9 Å². The van der Waals surface area contributed by atoms with Crippen molar-refractivity contribution in [3.63, 3.8) is 0 Å². The summed E-state index contributed by atoms with van der Waals surface area (Å²) in [4.78, 5) is 10.8. The lowest BCUT2D eigenvalue weighted by atomic mass is 10.2. The highest BCUT2D eigenvalue weighted by molar-refractivity contribution is 7.98. The number of nitrogens with one attached hydrogen (secondary N) is 1. The topological polar surface area (TPSA) is 41.1 Å². The molecule has 1 N–H and O–H groups in total. The van der Waals surface area contributed by atoms with Crippen LogP contribution in [0.25, 0.3) is 0 Å². The normalized spacial score (nSPS) is 12.2. The fourth-order valence-electron chi connectivity index (χ4n) is 1.55. The van der Waals surface area contributed by atoms with Crippen molar-refractivity contribution in [3.8, 4) is 0 Å². The highest BCUT2D eigenvalue weighted by atomic mass is 32.2. The number of rotatable bonds is 6. The lowest BCUT2D eigenvalue weighted by Gasteiger charge is -2.27. The van der Waals surface area contributed by atoms with Gasteiger partial charge in [0.15, 0.2) is 0 Å². The second-order valence-corrected chi connectivity index (χ2v) is 4.53. The summed E-state index contributed by atoms with van der Waals surface area (Å²) in [6, 6.07) is 2.47. The highest BCUT2D eigenvalue weighted by Gasteiger charge is 2.14. The fraction of sp³-hybridized carbons (Fsp3) is 0.636. The van der Waals surface area contributed by atoms with Crippen molar-refractivity contribution in [3.05, 3.63) is 12.3 Å². The van der Waals surface area contributed by atoms with E-state index in [0.29, 0.717) is 12.0 Å². The zero-order valence-electron chi connectivity index (χ0n) is 10.4. The summed E-state index contributed by atoms with van der Waals surface area (Å²) in [5, 5.41) is 2.96. The van der Waals surface area contributed by atoms with Crippen LogP contribution < -0.4 is 10.2 Å². The molecule has 0 aliphatic carbocycles. The van der Waals surface area contributed by atoms with Gasteiger partial charge in [0, 0.05) is 32.1 Å². The van der Waals surface area contributed by atoms with E-state index < -0.39 is 0 Å². The average Bonchev–Trinajstić information content (AvgIpc) is 2.35. The average molecular weight is 240 g/mol. The Balaban J connectivity index is 2.80. The van der Waals surface area contributed by atoms with Gasteiger partial charge in [0.25, 0.3) is 0 Å². The maximum Gasteiger partial charge on any atom is 0.224 e. The largest absolute Gasteiger partial charge is 0.357 e. The zero-order chi connectivity index (χ0) is 12.0. The molecule has 1 aromatic rings. The van der Waals surface area contributed by atoms with Crippen molar-refractivity contribution < 1.29 is 0 Å². The molecule has 16 heavy (non-hydrogen) atoms. The molecule has 1 aromatic heterocycles. The summed E-state index contributed by atoms with van der Waals surface area (Å²) < 4.78 is 0. The molecule has 1 unspecified atom stereocenters. The van der Waals surface area contributed by atoms with Gasteiger partial charge in [-0.1, -0.05) is 6.92 Å². The van der Waals surface area contributed by atoms with Crippen LogP contribution in [0.15, 0.2) is 12.3 Å². The van der Waals surface area contributed by atoms with E-state index in [4.69, 9.17) is 0 Å². The number of hydrogen-bond donors (Lipinski definition) is 1. The molecular weight excluding hydrogens is 220 g/mol. The van der Waals surface area contributed by atoms with Gasteiger partial charge in [0.05, 0.1) is 0 Å². The summed E-state index contributed by atoms with van der Waals surface area (Å²) in [5.74, 6) is 2.76. The van der Waals surface area contributed by atoms with Gasteiger partial charge in [-0.2, -0.15) is 16.7 Å². The van der Waals surface area contributed by atoms with Crippen molar-refractivity contribution in [2.75, 3.05) is 36.3 Å². The Kier molecular flexibility index (Phi) is 5.38. The van der Waals surface area contributed by atoms with Crippen LogP contribution in [-0.4, -0.2) is 42.1 Å². The Labute approximate surface area is 102 Å². The Bertz CT molecular complexity index is 319. The summed E-state index contributed by atoms with van der Waals surface area (Å²) in [6.07, 6.45) is 5.04. The molecule has 5 heteroatoms. The summed E-state index contributed by atoms with van der Waals surface area (Å²) in [7, 11) is 3.92. The molecule has 1 heterocycles. The van der Waals surface area contributed by atoms with E-state index in [2.05, 4.69) is 40.4 Å². The molecular formula is C11H20N4S. The second-order valence-electron chi connectivity index (χ2n) is 3.62. The molecule has 0 spiro atoms. The molecule has 0 fully saturated rings. The van der Waals surface area contributed by atoms with Crippen molar-refractivity contribution in [2.24, 2.45) is 0 Å². The third-order valence-electron chi connectivity index (χ3n) is 2.60. The van der Waals surface area contributed by atoms with Gasteiger partial charge < -0.3 is 10.2 Å². The smallest absolute Gasteiger partial charge is 0.224 e. The molecule has 0 radical (unpaired) electrons. The van der Waals surface area contributed by atoms with Gasteiger partial charge in [-0.25, -0.2) is 4.98 Å². The van der Waals surface area contributed by atoms with Crippen molar-refractivity contribution in [1.29, 1.82) is 0 Å². The van der Waals surface area contributed by atoms with Crippen molar-refractivity contribution in [2.45, 2.75) is 19.4 Å². The minimum Gasteiger partial charge on any atom is -0.357 e. The number of thioether (sulfide) groups is 1. The molecule has 4 nitrogen and oxygen atoms in total. The van der Waals surface area contributed by atoms with Crippen LogP contribution in [0.5, 0.6) is 0 Å². The van der Waals surface area contributed by atoms with E-state index in [0.717, 1.165) is 18.0 Å². The predicted octanol–water partition coefficient (Wildman–Crippen LogP) is 2.10. The quantitative estimate of drug-likeness (QED) is 0.824. The number of aromatic nitrogens is 2. The van der Waals surface area contributed by atoms with E-state index in [1.54, 1.807) is 6.20 Å². The lowest BCUT2D eigenvalue weighted by molar-refractivity contribution is 0.665. The van der Waals surface area contributed by atoms with Crippen LogP contribution in [-0.2, 0) is 0 Å². The van der Waals surface area contributed by atoms with Crippen LogP contribution in [0.3, 0.4) is 0 Å². The van der Waals surface area contributed by atoms with Gasteiger partial charge in [-0.15, -0.1) is 0 Å². The monoisotopic (exact) mass is 240 g/mol. The Morgan fingerprint density at radius 3 is 2.88 bits per heavy atom. The highest BCUT2D eigenvalue weighted by Crippen LogP contribution is 2.17. The molecule has 0 aromatic carbocycles. The van der Waals surface area contributed by atoms with Gasteiger partial charge >= 0.3 is 0 Å². The Hall–Kier alpha value is -0.970. The molecule has 0 amide bonds. The van der Waals surface area contributed by atoms with Gasteiger partial charge in [-0.3, -0.25) is 0 Å². The van der Waals surface area contributed by atoms with E-state index in [1.165, 1.54) is 0 Å². The van der Waals surface area contributed by atoms with Gasteiger partial charge in [0.2, 0.25) is 5.95 Å². The van der Waals surface area contributed by atoms with E-state index >= 15 is 0 Å². The van der Waals surface area contributed by atoms with Crippen LogP contribution in [0.4, 0.5) is 11.8 Å². The van der Waals surface area contributed by atoms with Crippen LogP contribution in [0, 0.1) is 0 Å². The predicted molar refractivity (Wildman–Crippen MR) is 72.4 cm³/mol. The lowest BCUT2D eigenvalue weighted by Crippen LogP contribution is -2.33. The standard InChI is InChI=1S/C11H20N4S/c1-5-9(8-16-4)15(3)10-6-7-13-11(12-2)14-10/h6-7,9H,5,8H2,1-4H3,(H,12,13,14). The SMILES string of the molecule is CCC(CSC)N(C)c1ccnc(NC)n1. The number of nitrogens with zero attached hydrogens (tertiary/aromatic N) is 3. The Morgan fingerprint density at radius 2 is 2.31 bits per heavy atom.